The summed E-state index contributed by atoms with van der Waals surface area (Å²) in [7, 11) is 1.34. The average molecular weight is 734 g/mol. The van der Waals surface area contributed by atoms with E-state index >= 15 is 0 Å². The first-order valence-corrected chi connectivity index (χ1v) is 16.5. The van der Waals surface area contributed by atoms with Crippen molar-refractivity contribution in [1.82, 2.24) is 36.4 Å². The zero-order chi connectivity index (χ0) is 38.4. The number of carboxylic acids is 1. The van der Waals surface area contributed by atoms with E-state index in [1.54, 1.807) is 4.90 Å². The lowest BCUT2D eigenvalue weighted by Gasteiger charge is -2.22. The van der Waals surface area contributed by atoms with Crippen LogP contribution in [0.3, 0.4) is 0 Å². The van der Waals surface area contributed by atoms with Crippen molar-refractivity contribution in [2.24, 2.45) is 44.4 Å². The number of guanidine groups is 2. The molecule has 0 radical (unpaired) electrons. The molecule has 4 amide bonds. The van der Waals surface area contributed by atoms with Crippen LogP contribution in [0.4, 0.5) is 0 Å². The van der Waals surface area contributed by atoms with E-state index < -0.39 is 24.0 Å². The van der Waals surface area contributed by atoms with Crippen molar-refractivity contribution < 1.29 is 38.9 Å². The minimum Gasteiger partial charge on any atom is -0.480 e. The van der Waals surface area contributed by atoms with Gasteiger partial charge in [0.15, 0.2) is 11.9 Å². The van der Waals surface area contributed by atoms with Gasteiger partial charge in [-0.2, -0.15) is 0 Å². The van der Waals surface area contributed by atoms with Crippen LogP contribution in [0, 0.1) is 0 Å². The van der Waals surface area contributed by atoms with E-state index in [9.17, 15) is 29.1 Å². The van der Waals surface area contributed by atoms with E-state index in [-0.39, 0.29) is 88.7 Å². The van der Waals surface area contributed by atoms with Gasteiger partial charge >= 0.3 is 5.97 Å². The quantitative estimate of drug-likeness (QED) is 0.00786. The summed E-state index contributed by atoms with van der Waals surface area (Å²) in [5.41, 5.74) is 32.7. The second-order valence-corrected chi connectivity index (χ2v) is 11.2. The Balaban J connectivity index is 4.43. The molecule has 0 saturated heterocycles. The molecule has 0 rings (SSSR count). The SMILES string of the molecule is COOCN(CCNCCN(CC(=O)O)CC(=O)NCCNC(=O)C(N)CCCN=C(N)N)CC(=O)NCCNC(=O)C(N)CCCN=C(N)N. The van der Waals surface area contributed by atoms with Crippen LogP contribution in [0.5, 0.6) is 0 Å². The number of carbonyl (C=O) groups is 5. The molecule has 23 nitrogen and oxygen atoms in total. The smallest absolute Gasteiger partial charge is 0.317 e. The molecule has 18 N–H and O–H groups in total. The Morgan fingerprint density at radius 2 is 1.10 bits per heavy atom. The fourth-order valence-corrected chi connectivity index (χ4v) is 4.18. The number of nitrogens with one attached hydrogen (secondary N) is 5. The van der Waals surface area contributed by atoms with Crippen molar-refractivity contribution in [3.63, 3.8) is 0 Å². The number of carboxylic acid groups (broad SMARTS) is 1. The molecule has 51 heavy (non-hydrogen) atoms. The molecule has 0 heterocycles. The molecule has 0 aromatic rings. The Morgan fingerprint density at radius 1 is 0.667 bits per heavy atom. The largest absolute Gasteiger partial charge is 0.480 e. The van der Waals surface area contributed by atoms with Gasteiger partial charge in [0.25, 0.3) is 0 Å². The Labute approximate surface area is 297 Å². The summed E-state index contributed by atoms with van der Waals surface area (Å²) in [5.74, 6) is -2.62. The highest BCUT2D eigenvalue weighted by atomic mass is 17.2. The van der Waals surface area contributed by atoms with E-state index in [1.165, 1.54) is 12.0 Å². The highest BCUT2D eigenvalue weighted by molar-refractivity contribution is 5.82. The topological polar surface area (TPSA) is 372 Å². The Morgan fingerprint density at radius 3 is 1.53 bits per heavy atom. The van der Waals surface area contributed by atoms with Crippen molar-refractivity contribution >= 4 is 41.5 Å². The summed E-state index contributed by atoms with van der Waals surface area (Å²) >= 11 is 0. The van der Waals surface area contributed by atoms with Crippen LogP contribution in [0.1, 0.15) is 25.7 Å². The zero-order valence-corrected chi connectivity index (χ0v) is 29.4. The first-order chi connectivity index (χ1) is 24.2. The van der Waals surface area contributed by atoms with Gasteiger partial charge in [0, 0.05) is 65.4 Å². The maximum absolute atomic E-state index is 12.5. The molecular weight excluding hydrogens is 674 g/mol. The molecule has 0 aliphatic heterocycles. The third-order valence-electron chi connectivity index (χ3n) is 6.76. The Kier molecular flexibility index (Phi) is 26.8. The van der Waals surface area contributed by atoms with Gasteiger partial charge in [-0.25, -0.2) is 9.78 Å². The molecule has 0 aromatic heterocycles. The second kappa shape index (κ2) is 29.4. The van der Waals surface area contributed by atoms with Gasteiger partial charge in [-0.3, -0.25) is 43.8 Å². The summed E-state index contributed by atoms with van der Waals surface area (Å²) in [6, 6.07) is -1.48. The van der Waals surface area contributed by atoms with E-state index in [1.807, 2.05) is 0 Å². The van der Waals surface area contributed by atoms with Crippen LogP contribution in [0.15, 0.2) is 9.98 Å². The summed E-state index contributed by atoms with van der Waals surface area (Å²) < 4.78 is 0. The first-order valence-electron chi connectivity index (χ1n) is 16.5. The molecule has 0 fully saturated rings. The first kappa shape index (κ1) is 46.6. The van der Waals surface area contributed by atoms with Gasteiger partial charge in [0.05, 0.1) is 38.8 Å². The number of aliphatic carboxylic acids is 1. The van der Waals surface area contributed by atoms with Crippen LogP contribution in [0.2, 0.25) is 0 Å². The fraction of sp³-hybridized carbons (Fsp3) is 0.750. The van der Waals surface area contributed by atoms with Crippen LogP contribution >= 0.6 is 0 Å². The summed E-state index contributed by atoms with van der Waals surface area (Å²) in [6.07, 6.45) is 1.85. The lowest BCUT2D eigenvalue weighted by Crippen LogP contribution is -2.47. The number of carbonyl (C=O) groups excluding carboxylic acids is 4. The predicted molar refractivity (Wildman–Crippen MR) is 189 cm³/mol. The van der Waals surface area contributed by atoms with E-state index in [2.05, 4.69) is 41.5 Å². The maximum Gasteiger partial charge on any atom is 0.317 e. The number of amides is 4. The minimum atomic E-state index is -1.10. The van der Waals surface area contributed by atoms with Gasteiger partial charge < -0.3 is 66.1 Å². The Bertz CT molecular complexity index is 1090. The normalized spacial score (nSPS) is 12.1. The molecule has 0 aliphatic rings. The number of rotatable bonds is 31. The van der Waals surface area contributed by atoms with Gasteiger partial charge in [0.2, 0.25) is 23.6 Å². The lowest BCUT2D eigenvalue weighted by atomic mass is 10.1. The molecule has 0 aromatic carbocycles. The van der Waals surface area contributed by atoms with Crippen molar-refractivity contribution in [3.8, 4) is 0 Å². The zero-order valence-electron chi connectivity index (χ0n) is 29.4. The molecule has 0 spiro atoms. The molecule has 2 atom stereocenters. The van der Waals surface area contributed by atoms with Gasteiger partial charge in [-0.15, -0.1) is 0 Å². The number of hydrogen-bond donors (Lipinski definition) is 12. The number of nitrogens with zero attached hydrogens (tertiary/aromatic N) is 4. The van der Waals surface area contributed by atoms with Crippen molar-refractivity contribution in [2.45, 2.75) is 37.8 Å². The predicted octanol–water partition coefficient (Wildman–Crippen LogP) is -6.97. The van der Waals surface area contributed by atoms with Gasteiger partial charge in [-0.05, 0) is 25.7 Å². The minimum absolute atomic E-state index is 0.00579. The number of nitrogens with two attached hydrogens (primary N) is 6. The van der Waals surface area contributed by atoms with Gasteiger partial charge in [-0.1, -0.05) is 0 Å². The fourth-order valence-electron chi connectivity index (χ4n) is 4.18. The van der Waals surface area contributed by atoms with E-state index in [0.717, 1.165) is 0 Å². The highest BCUT2D eigenvalue weighted by Crippen LogP contribution is 1.96. The molecule has 2 unspecified atom stereocenters. The molecule has 0 bridgehead atoms. The third kappa shape index (κ3) is 28.0. The van der Waals surface area contributed by atoms with Crippen molar-refractivity contribution in [2.75, 3.05) is 98.9 Å². The van der Waals surface area contributed by atoms with E-state index in [4.69, 9.17) is 39.3 Å². The maximum atomic E-state index is 12.5. The monoisotopic (exact) mass is 733 g/mol. The van der Waals surface area contributed by atoms with Crippen LogP contribution in [-0.4, -0.2) is 167 Å². The molecule has 0 aliphatic carbocycles. The summed E-state index contributed by atoms with van der Waals surface area (Å²) in [4.78, 5) is 80.8. The standard InChI is InChI=1S/C28H59N15O8/c1-50-51-19-43(17-23(45)37-9-11-39-26(49)21(30)5-3-7-41-28(33)34)15-13-35-12-14-42(18-24(46)47)16-22(44)36-8-10-38-25(48)20(29)4-2-6-40-27(31)32/h20-21,35H,2-19,29-30H2,1H3,(H,36,44)(H,37,45)(H,38,48)(H,39,49)(H,46,47)(H4,31,32,40)(H4,33,34,41). The van der Waals surface area contributed by atoms with Crippen LogP contribution in [-0.2, 0) is 33.7 Å². The lowest BCUT2D eigenvalue weighted by molar-refractivity contribution is -0.294. The second-order valence-electron chi connectivity index (χ2n) is 11.2. The van der Waals surface area contributed by atoms with Crippen LogP contribution in [0.25, 0.3) is 0 Å². The average Bonchev–Trinajstić information content (AvgIpc) is 3.06. The van der Waals surface area contributed by atoms with E-state index in [0.29, 0.717) is 58.4 Å². The highest BCUT2D eigenvalue weighted by Gasteiger charge is 2.16. The molecule has 294 valence electrons. The van der Waals surface area contributed by atoms with Crippen molar-refractivity contribution in [3.05, 3.63) is 0 Å². The van der Waals surface area contributed by atoms with Gasteiger partial charge in [0.1, 0.15) is 6.73 Å². The molecule has 23 heteroatoms. The summed E-state index contributed by atoms with van der Waals surface area (Å²) in [6.45, 7) is 2.15. The van der Waals surface area contributed by atoms with Crippen molar-refractivity contribution in [1.29, 1.82) is 0 Å². The molecular formula is C28H59N15O8. The Hall–Kier alpha value is -4.39. The molecule has 0 saturated carbocycles. The van der Waals surface area contributed by atoms with Crippen LogP contribution < -0.4 is 61.0 Å². The number of aliphatic imine (C=N–C) groups is 2. The third-order valence-corrected chi connectivity index (χ3v) is 6.76. The summed E-state index contributed by atoms with van der Waals surface area (Å²) in [5, 5.41) is 23.1. The number of hydrogen-bond acceptors (Lipinski definition) is 14.